The molecule has 4 aromatic rings. The summed E-state index contributed by atoms with van der Waals surface area (Å²) in [6.45, 7) is 2.17. The number of rotatable bonds is 10. The largest absolute Gasteiger partial charge is 0.207 e. The van der Waals surface area contributed by atoms with Crippen molar-refractivity contribution in [2.75, 3.05) is 0 Å². The van der Waals surface area contributed by atoms with Crippen LogP contribution in [0.25, 0.3) is 10.8 Å². The highest BCUT2D eigenvalue weighted by Crippen LogP contribution is 2.25. The Morgan fingerprint density at radius 3 is 1.97 bits per heavy atom. The van der Waals surface area contributed by atoms with Gasteiger partial charge in [-0.1, -0.05) is 74.4 Å². The van der Waals surface area contributed by atoms with Gasteiger partial charge in [0.1, 0.15) is 17.5 Å². The van der Waals surface area contributed by atoms with Crippen molar-refractivity contribution in [3.8, 4) is 0 Å². The maximum absolute atomic E-state index is 15.1. The van der Waals surface area contributed by atoms with Crippen molar-refractivity contribution in [1.82, 2.24) is 0 Å². The van der Waals surface area contributed by atoms with E-state index < -0.39 is 0 Å². The van der Waals surface area contributed by atoms with Crippen LogP contribution in [0, 0.1) is 17.5 Å². The Kier molecular flexibility index (Phi) is 8.05. The Morgan fingerprint density at radius 2 is 1.21 bits per heavy atom. The summed E-state index contributed by atoms with van der Waals surface area (Å²) >= 11 is 0. The minimum absolute atomic E-state index is 0.133. The molecule has 0 bridgehead atoms. The second-order valence-electron chi connectivity index (χ2n) is 9.10. The zero-order chi connectivity index (χ0) is 23.9. The lowest BCUT2D eigenvalue weighted by atomic mass is 9.97. The molecule has 0 aliphatic carbocycles. The van der Waals surface area contributed by atoms with Gasteiger partial charge in [-0.2, -0.15) is 0 Å². The molecule has 0 aliphatic heterocycles. The lowest BCUT2D eigenvalue weighted by Gasteiger charge is -2.10. The van der Waals surface area contributed by atoms with Crippen LogP contribution in [0.1, 0.15) is 54.0 Å². The van der Waals surface area contributed by atoms with Gasteiger partial charge >= 0.3 is 0 Å². The first kappa shape index (κ1) is 24.1. The molecule has 0 amide bonds. The van der Waals surface area contributed by atoms with Crippen LogP contribution in [-0.2, 0) is 32.1 Å². The van der Waals surface area contributed by atoms with E-state index in [1.807, 2.05) is 42.5 Å². The van der Waals surface area contributed by atoms with E-state index in [4.69, 9.17) is 0 Å². The van der Waals surface area contributed by atoms with Gasteiger partial charge < -0.3 is 0 Å². The highest BCUT2D eigenvalue weighted by atomic mass is 19.1. The molecule has 0 N–H and O–H groups in total. The van der Waals surface area contributed by atoms with Crippen molar-refractivity contribution in [2.24, 2.45) is 0 Å². The summed E-state index contributed by atoms with van der Waals surface area (Å²) in [6.07, 6.45) is 6.88. The monoisotopic (exact) mass is 460 g/mol. The average molecular weight is 461 g/mol. The van der Waals surface area contributed by atoms with E-state index in [-0.39, 0.29) is 17.5 Å². The van der Waals surface area contributed by atoms with Crippen molar-refractivity contribution in [3.05, 3.63) is 118 Å². The smallest absolute Gasteiger partial charge is 0.134 e. The quantitative estimate of drug-likeness (QED) is 0.208. The lowest BCUT2D eigenvalue weighted by molar-refractivity contribution is 0.604. The summed E-state index contributed by atoms with van der Waals surface area (Å²) in [6, 6.07) is 21.5. The third-order valence-electron chi connectivity index (χ3n) is 6.56. The Labute approximate surface area is 200 Å². The van der Waals surface area contributed by atoms with Gasteiger partial charge in [-0.15, -0.1) is 0 Å². The molecule has 4 rings (SSSR count). The Balaban J connectivity index is 1.40. The molecule has 0 saturated heterocycles. The summed E-state index contributed by atoms with van der Waals surface area (Å²) in [7, 11) is 0. The third kappa shape index (κ3) is 6.08. The number of fused-ring (bicyclic) bond motifs is 1. The fourth-order valence-electron chi connectivity index (χ4n) is 4.47. The highest BCUT2D eigenvalue weighted by Gasteiger charge is 2.10. The van der Waals surface area contributed by atoms with Gasteiger partial charge in [0.25, 0.3) is 0 Å². The molecule has 0 radical (unpaired) electrons. The van der Waals surface area contributed by atoms with E-state index in [1.165, 1.54) is 18.6 Å². The van der Waals surface area contributed by atoms with E-state index in [0.29, 0.717) is 36.6 Å². The van der Waals surface area contributed by atoms with Crippen LogP contribution < -0.4 is 0 Å². The molecule has 0 aromatic heterocycles. The number of hydrogen-bond donors (Lipinski definition) is 0. The van der Waals surface area contributed by atoms with E-state index in [2.05, 4.69) is 6.92 Å². The Morgan fingerprint density at radius 1 is 0.559 bits per heavy atom. The molecule has 3 heteroatoms. The molecular formula is C31H31F3. The van der Waals surface area contributed by atoms with Gasteiger partial charge in [-0.25, -0.2) is 13.2 Å². The molecule has 0 nitrogen and oxygen atoms in total. The fourth-order valence-corrected chi connectivity index (χ4v) is 4.47. The molecule has 4 aromatic carbocycles. The molecule has 0 atom stereocenters. The summed E-state index contributed by atoms with van der Waals surface area (Å²) in [5.41, 5.74) is 4.49. The van der Waals surface area contributed by atoms with Gasteiger partial charge in [0.05, 0.1) is 0 Å². The first-order valence-electron chi connectivity index (χ1n) is 12.2. The predicted molar refractivity (Wildman–Crippen MR) is 135 cm³/mol. The van der Waals surface area contributed by atoms with Crippen molar-refractivity contribution < 1.29 is 13.2 Å². The highest BCUT2D eigenvalue weighted by molar-refractivity contribution is 5.84. The lowest BCUT2D eigenvalue weighted by Crippen LogP contribution is -1.98. The van der Waals surface area contributed by atoms with Crippen LogP contribution in [0.5, 0.6) is 0 Å². The average Bonchev–Trinajstić information content (AvgIpc) is 2.84. The number of benzene rings is 4. The summed E-state index contributed by atoms with van der Waals surface area (Å²) in [4.78, 5) is 0. The van der Waals surface area contributed by atoms with Crippen molar-refractivity contribution in [2.45, 2.75) is 58.3 Å². The van der Waals surface area contributed by atoms with Crippen LogP contribution >= 0.6 is 0 Å². The molecule has 0 saturated carbocycles. The van der Waals surface area contributed by atoms with E-state index in [1.54, 1.807) is 18.2 Å². The van der Waals surface area contributed by atoms with Crippen LogP contribution in [0.15, 0.2) is 72.8 Å². The van der Waals surface area contributed by atoms with Gasteiger partial charge in [-0.05, 0) is 89.9 Å². The standard InChI is InChI=1S/C31H31F3/c1-2-3-4-5-23-7-12-25(30(33)21-23)13-8-24-11-19-29-27(20-24)16-15-26(31(29)34)14-6-22-9-17-28(32)18-10-22/h7,9-12,15-21H,2-6,8,13-14H2,1H3. The molecule has 34 heavy (non-hydrogen) atoms. The zero-order valence-electron chi connectivity index (χ0n) is 19.7. The van der Waals surface area contributed by atoms with E-state index >= 15 is 4.39 Å². The Bertz CT molecular complexity index is 1240. The first-order valence-corrected chi connectivity index (χ1v) is 12.2. The van der Waals surface area contributed by atoms with Crippen LogP contribution in [0.4, 0.5) is 13.2 Å². The van der Waals surface area contributed by atoms with Crippen LogP contribution in [0.2, 0.25) is 0 Å². The first-order chi connectivity index (χ1) is 16.5. The van der Waals surface area contributed by atoms with Crippen LogP contribution in [-0.4, -0.2) is 0 Å². The SMILES string of the molecule is CCCCCc1ccc(CCc2ccc3c(F)c(CCc4ccc(F)cc4)ccc3c2)c(F)c1. The second-order valence-corrected chi connectivity index (χ2v) is 9.10. The fraction of sp³-hybridized carbons (Fsp3) is 0.290. The molecule has 176 valence electrons. The second kappa shape index (κ2) is 11.4. The molecule has 0 spiro atoms. The maximum atomic E-state index is 15.1. The Hall–Kier alpha value is -3.07. The van der Waals surface area contributed by atoms with Gasteiger partial charge in [-0.3, -0.25) is 0 Å². The summed E-state index contributed by atoms with van der Waals surface area (Å²) in [5, 5.41) is 1.45. The number of hydrogen-bond acceptors (Lipinski definition) is 0. The number of aryl methyl sites for hydroxylation is 5. The van der Waals surface area contributed by atoms with Crippen molar-refractivity contribution >= 4 is 10.8 Å². The third-order valence-corrected chi connectivity index (χ3v) is 6.56. The number of halogens is 3. The minimum atomic E-state index is -0.265. The van der Waals surface area contributed by atoms with Gasteiger partial charge in [0.2, 0.25) is 0 Å². The van der Waals surface area contributed by atoms with Gasteiger partial charge in [0, 0.05) is 5.39 Å². The number of unbranched alkanes of at least 4 members (excludes halogenated alkanes) is 2. The summed E-state index contributed by atoms with van der Waals surface area (Å²) < 4.78 is 42.8. The van der Waals surface area contributed by atoms with Gasteiger partial charge in [0.15, 0.2) is 0 Å². The predicted octanol–water partition coefficient (Wildman–Crippen LogP) is 8.56. The van der Waals surface area contributed by atoms with Crippen LogP contribution in [0.3, 0.4) is 0 Å². The van der Waals surface area contributed by atoms with Crippen molar-refractivity contribution in [1.29, 1.82) is 0 Å². The topological polar surface area (TPSA) is 0 Å². The van der Waals surface area contributed by atoms with Crippen molar-refractivity contribution in [3.63, 3.8) is 0 Å². The normalized spacial score (nSPS) is 11.3. The molecule has 0 fully saturated rings. The maximum Gasteiger partial charge on any atom is 0.134 e. The molecular weight excluding hydrogens is 429 g/mol. The molecule has 0 unspecified atom stereocenters. The summed E-state index contributed by atoms with van der Waals surface area (Å²) in [5.74, 6) is -0.596. The minimum Gasteiger partial charge on any atom is -0.207 e. The molecule has 0 heterocycles. The zero-order valence-corrected chi connectivity index (χ0v) is 19.7. The molecule has 0 aliphatic rings. The van der Waals surface area contributed by atoms with E-state index in [0.717, 1.165) is 46.9 Å². The van der Waals surface area contributed by atoms with E-state index in [9.17, 15) is 8.78 Å².